The number of ether oxygens (including phenoxy) is 2. The number of hydrogen-bond donors (Lipinski definition) is 2. The van der Waals surface area contributed by atoms with Gasteiger partial charge in [0.05, 0.1) is 17.5 Å². The highest BCUT2D eigenvalue weighted by Gasteiger charge is 2.42. The van der Waals surface area contributed by atoms with Crippen molar-refractivity contribution in [2.75, 3.05) is 0 Å². The summed E-state index contributed by atoms with van der Waals surface area (Å²) in [5.41, 5.74) is 2.70. The fourth-order valence-corrected chi connectivity index (χ4v) is 3.21. The van der Waals surface area contributed by atoms with Gasteiger partial charge in [-0.1, -0.05) is 11.6 Å². The summed E-state index contributed by atoms with van der Waals surface area (Å²) in [5.74, 6) is 0.0303. The molecule has 0 saturated heterocycles. The lowest BCUT2D eigenvalue weighted by atomic mass is 10.1. The van der Waals surface area contributed by atoms with E-state index in [1.54, 1.807) is 74.7 Å². The first-order valence-corrected chi connectivity index (χ1v) is 9.07. The van der Waals surface area contributed by atoms with Gasteiger partial charge in [0.2, 0.25) is 0 Å². The highest BCUT2D eigenvalue weighted by atomic mass is 35.5. The topological polar surface area (TPSA) is 71.3 Å². The standard InChI is InChI=1S/C22H18ClNO4/c1-13-9-16(4-7-20(13)25)27-22(28-17-5-8-21(26)14(2)10-17)12-24-19-6-3-15(23)11-18(19)22/h3-12,25-26H,1-2H3. The number of phenols is 2. The zero-order valence-electron chi connectivity index (χ0n) is 15.3. The summed E-state index contributed by atoms with van der Waals surface area (Å²) < 4.78 is 12.5. The molecule has 0 aromatic heterocycles. The number of halogens is 1. The number of nitrogens with zero attached hydrogens (tertiary/aromatic N) is 1. The second-order valence-electron chi connectivity index (χ2n) is 6.69. The van der Waals surface area contributed by atoms with Crippen LogP contribution in [0.2, 0.25) is 5.02 Å². The van der Waals surface area contributed by atoms with E-state index in [1.165, 1.54) is 0 Å². The molecule has 0 radical (unpaired) electrons. The molecule has 0 amide bonds. The van der Waals surface area contributed by atoms with Crippen molar-refractivity contribution in [2.24, 2.45) is 4.99 Å². The van der Waals surface area contributed by atoms with E-state index in [-0.39, 0.29) is 11.5 Å². The molecule has 0 unspecified atom stereocenters. The molecule has 3 aromatic carbocycles. The molecule has 5 nitrogen and oxygen atoms in total. The molecule has 1 aliphatic heterocycles. The molecule has 0 atom stereocenters. The molecule has 0 fully saturated rings. The summed E-state index contributed by atoms with van der Waals surface area (Å²) in [6.45, 7) is 3.57. The summed E-state index contributed by atoms with van der Waals surface area (Å²) in [5, 5.41) is 20.1. The third-order valence-electron chi connectivity index (χ3n) is 4.58. The Balaban J connectivity index is 1.80. The Labute approximate surface area is 167 Å². The third kappa shape index (κ3) is 3.25. The molecular formula is C22H18ClNO4. The molecule has 0 saturated carbocycles. The van der Waals surface area contributed by atoms with Crippen molar-refractivity contribution in [3.05, 3.63) is 76.3 Å². The summed E-state index contributed by atoms with van der Waals surface area (Å²) in [4.78, 5) is 4.43. The van der Waals surface area contributed by atoms with Crippen molar-refractivity contribution in [3.63, 3.8) is 0 Å². The number of benzene rings is 3. The van der Waals surface area contributed by atoms with Gasteiger partial charge in [0.1, 0.15) is 23.0 Å². The van der Waals surface area contributed by atoms with Gasteiger partial charge in [-0.15, -0.1) is 0 Å². The van der Waals surface area contributed by atoms with Crippen LogP contribution in [0.5, 0.6) is 23.0 Å². The Bertz CT molecular complexity index is 1040. The maximum atomic E-state index is 9.80. The summed E-state index contributed by atoms with van der Waals surface area (Å²) in [6.07, 6.45) is 1.58. The van der Waals surface area contributed by atoms with E-state index in [9.17, 15) is 10.2 Å². The van der Waals surface area contributed by atoms with E-state index in [1.807, 2.05) is 0 Å². The molecule has 1 heterocycles. The van der Waals surface area contributed by atoms with Gasteiger partial charge >= 0.3 is 5.79 Å². The molecular weight excluding hydrogens is 378 g/mol. The molecule has 0 aliphatic carbocycles. The zero-order valence-corrected chi connectivity index (χ0v) is 16.1. The van der Waals surface area contributed by atoms with Gasteiger partial charge in [-0.2, -0.15) is 0 Å². The maximum absolute atomic E-state index is 9.80. The minimum atomic E-state index is -1.34. The van der Waals surface area contributed by atoms with Gasteiger partial charge in [-0.25, -0.2) is 0 Å². The molecule has 142 valence electrons. The minimum Gasteiger partial charge on any atom is -0.508 e. The number of hydrogen-bond acceptors (Lipinski definition) is 5. The van der Waals surface area contributed by atoms with E-state index in [4.69, 9.17) is 21.1 Å². The van der Waals surface area contributed by atoms with Crippen LogP contribution in [0.4, 0.5) is 5.69 Å². The van der Waals surface area contributed by atoms with Gasteiger partial charge in [0.15, 0.2) is 0 Å². The summed E-state index contributed by atoms with van der Waals surface area (Å²) in [6, 6.07) is 15.2. The van der Waals surface area contributed by atoms with Gasteiger partial charge in [-0.3, -0.25) is 4.99 Å². The number of rotatable bonds is 4. The Kier molecular flexibility index (Phi) is 4.40. The third-order valence-corrected chi connectivity index (χ3v) is 4.82. The van der Waals surface area contributed by atoms with Gasteiger partial charge < -0.3 is 19.7 Å². The van der Waals surface area contributed by atoms with Crippen LogP contribution < -0.4 is 9.47 Å². The van der Waals surface area contributed by atoms with E-state index >= 15 is 0 Å². The number of aromatic hydroxyl groups is 2. The van der Waals surface area contributed by atoms with Crippen molar-refractivity contribution in [1.29, 1.82) is 0 Å². The second kappa shape index (κ2) is 6.77. The van der Waals surface area contributed by atoms with E-state index < -0.39 is 5.79 Å². The first-order valence-electron chi connectivity index (χ1n) is 8.69. The lowest BCUT2D eigenvalue weighted by molar-refractivity contribution is -0.0504. The Morgan fingerprint density at radius 3 is 1.93 bits per heavy atom. The molecule has 1 aliphatic rings. The average Bonchev–Trinajstić information content (AvgIpc) is 2.99. The fraction of sp³-hybridized carbons (Fsp3) is 0.136. The van der Waals surface area contributed by atoms with Crippen molar-refractivity contribution in [1.82, 2.24) is 0 Å². The minimum absolute atomic E-state index is 0.181. The average molecular weight is 396 g/mol. The lowest BCUT2D eigenvalue weighted by Crippen LogP contribution is -2.39. The molecule has 3 aromatic rings. The Hall–Kier alpha value is -3.18. The van der Waals surface area contributed by atoms with E-state index in [2.05, 4.69) is 4.99 Å². The first kappa shape index (κ1) is 18.2. The molecule has 6 heteroatoms. The van der Waals surface area contributed by atoms with Crippen molar-refractivity contribution >= 4 is 23.5 Å². The normalized spacial score (nSPS) is 14.0. The monoisotopic (exact) mass is 395 g/mol. The van der Waals surface area contributed by atoms with Crippen LogP contribution in [0.25, 0.3) is 0 Å². The van der Waals surface area contributed by atoms with Crippen LogP contribution in [-0.2, 0) is 5.79 Å². The van der Waals surface area contributed by atoms with Gasteiger partial charge in [0.25, 0.3) is 0 Å². The van der Waals surface area contributed by atoms with E-state index in [0.29, 0.717) is 38.9 Å². The van der Waals surface area contributed by atoms with Crippen LogP contribution in [0.15, 0.2) is 59.6 Å². The van der Waals surface area contributed by atoms with Gasteiger partial charge in [-0.05, 0) is 79.6 Å². The Morgan fingerprint density at radius 2 is 1.39 bits per heavy atom. The number of phenolic OH excluding ortho intramolecular Hbond substituents is 2. The predicted octanol–water partition coefficient (Wildman–Crippen LogP) is 5.39. The van der Waals surface area contributed by atoms with Gasteiger partial charge in [0, 0.05) is 5.02 Å². The highest BCUT2D eigenvalue weighted by molar-refractivity contribution is 6.30. The molecule has 0 bridgehead atoms. The van der Waals surface area contributed by atoms with Crippen LogP contribution >= 0.6 is 11.6 Å². The van der Waals surface area contributed by atoms with Crippen LogP contribution in [0.3, 0.4) is 0 Å². The molecule has 0 spiro atoms. The van der Waals surface area contributed by atoms with E-state index in [0.717, 1.165) is 0 Å². The fourth-order valence-electron chi connectivity index (χ4n) is 3.04. The first-order chi connectivity index (χ1) is 13.4. The lowest BCUT2D eigenvalue weighted by Gasteiger charge is -2.30. The SMILES string of the molecule is Cc1cc(OC2(Oc3ccc(O)c(C)c3)C=Nc3ccc(Cl)cc32)ccc1O. The van der Waals surface area contributed by atoms with Crippen molar-refractivity contribution in [3.8, 4) is 23.0 Å². The summed E-state index contributed by atoms with van der Waals surface area (Å²) >= 11 is 6.22. The second-order valence-corrected chi connectivity index (χ2v) is 7.12. The highest BCUT2D eigenvalue weighted by Crippen LogP contribution is 2.42. The van der Waals surface area contributed by atoms with Crippen molar-refractivity contribution in [2.45, 2.75) is 19.6 Å². The van der Waals surface area contributed by atoms with Crippen LogP contribution in [0.1, 0.15) is 16.7 Å². The quantitative estimate of drug-likeness (QED) is 0.580. The van der Waals surface area contributed by atoms with Crippen LogP contribution in [0, 0.1) is 13.8 Å². The predicted molar refractivity (Wildman–Crippen MR) is 108 cm³/mol. The summed E-state index contributed by atoms with van der Waals surface area (Å²) in [7, 11) is 0. The zero-order chi connectivity index (χ0) is 19.9. The smallest absolute Gasteiger partial charge is 0.317 e. The molecule has 4 rings (SSSR count). The molecule has 2 N–H and O–H groups in total. The van der Waals surface area contributed by atoms with Crippen molar-refractivity contribution < 1.29 is 19.7 Å². The number of aryl methyl sites for hydroxylation is 2. The number of fused-ring (bicyclic) bond motifs is 1. The maximum Gasteiger partial charge on any atom is 0.317 e. The largest absolute Gasteiger partial charge is 0.508 e. The van der Waals surface area contributed by atoms with Crippen LogP contribution in [-0.4, -0.2) is 16.4 Å². The number of aliphatic imine (C=N–C) groups is 1. The Morgan fingerprint density at radius 1 is 0.821 bits per heavy atom. The molecule has 28 heavy (non-hydrogen) atoms.